The Bertz CT molecular complexity index is 642. The van der Waals surface area contributed by atoms with Gasteiger partial charge in [0.2, 0.25) is 0 Å². The Kier molecular flexibility index (Phi) is 3.31. The van der Waals surface area contributed by atoms with Gasteiger partial charge < -0.3 is 5.32 Å². The van der Waals surface area contributed by atoms with Crippen molar-refractivity contribution in [3.05, 3.63) is 46.6 Å². The molecule has 1 aromatic carbocycles. The molecular formula is C12H9ClN4O. The molecule has 2 aromatic rings. The van der Waals surface area contributed by atoms with Crippen molar-refractivity contribution in [1.29, 1.82) is 5.26 Å². The maximum Gasteiger partial charge on any atom is 0.258 e. The topological polar surface area (TPSA) is 70.7 Å². The van der Waals surface area contributed by atoms with E-state index >= 15 is 0 Å². The van der Waals surface area contributed by atoms with Crippen molar-refractivity contribution in [2.75, 3.05) is 5.32 Å². The van der Waals surface area contributed by atoms with E-state index in [1.54, 1.807) is 31.3 Å². The maximum atomic E-state index is 12.0. The van der Waals surface area contributed by atoms with Gasteiger partial charge in [0, 0.05) is 13.2 Å². The zero-order chi connectivity index (χ0) is 13.1. The summed E-state index contributed by atoms with van der Waals surface area (Å²) in [7, 11) is 1.67. The number of carbonyl (C=O) groups excluding carboxylic acids is 1. The number of rotatable bonds is 2. The largest absolute Gasteiger partial charge is 0.304 e. The number of aryl methyl sites for hydroxylation is 1. The molecular weight excluding hydrogens is 252 g/mol. The van der Waals surface area contributed by atoms with E-state index in [1.807, 2.05) is 6.07 Å². The van der Waals surface area contributed by atoms with Gasteiger partial charge in [-0.2, -0.15) is 10.4 Å². The normalized spacial score (nSPS) is 9.83. The van der Waals surface area contributed by atoms with Gasteiger partial charge in [0.15, 0.2) is 5.82 Å². The third kappa shape index (κ3) is 2.34. The molecule has 90 valence electrons. The van der Waals surface area contributed by atoms with Gasteiger partial charge >= 0.3 is 0 Å². The summed E-state index contributed by atoms with van der Waals surface area (Å²) in [6, 6.07) is 8.64. The van der Waals surface area contributed by atoms with Gasteiger partial charge in [-0.3, -0.25) is 9.48 Å². The van der Waals surface area contributed by atoms with Crippen LogP contribution in [-0.4, -0.2) is 15.7 Å². The number of carbonyl (C=O) groups is 1. The molecule has 1 heterocycles. The van der Waals surface area contributed by atoms with Crippen LogP contribution in [0.2, 0.25) is 5.02 Å². The molecule has 0 radical (unpaired) electrons. The number of nitriles is 1. The average Bonchev–Trinajstić information content (AvgIpc) is 2.70. The van der Waals surface area contributed by atoms with Crippen molar-refractivity contribution in [2.45, 2.75) is 0 Å². The van der Waals surface area contributed by atoms with E-state index in [0.29, 0.717) is 16.1 Å². The molecule has 0 saturated carbocycles. The molecule has 0 aliphatic carbocycles. The van der Waals surface area contributed by atoms with Gasteiger partial charge in [-0.1, -0.05) is 23.7 Å². The zero-order valence-electron chi connectivity index (χ0n) is 9.51. The SMILES string of the molecule is Cn1cc(C#N)c(NC(=O)c2ccccc2Cl)n1. The Labute approximate surface area is 109 Å². The summed E-state index contributed by atoms with van der Waals surface area (Å²) >= 11 is 5.91. The predicted molar refractivity (Wildman–Crippen MR) is 67.3 cm³/mol. The lowest BCUT2D eigenvalue weighted by Crippen LogP contribution is -2.13. The van der Waals surface area contributed by atoms with Crippen LogP contribution in [-0.2, 0) is 7.05 Å². The van der Waals surface area contributed by atoms with Crippen LogP contribution in [0, 0.1) is 11.3 Å². The van der Waals surface area contributed by atoms with Crippen LogP contribution in [0.25, 0.3) is 0 Å². The van der Waals surface area contributed by atoms with Crippen molar-refractivity contribution < 1.29 is 4.79 Å². The summed E-state index contributed by atoms with van der Waals surface area (Å²) in [6.45, 7) is 0. The van der Waals surface area contributed by atoms with Gasteiger partial charge in [-0.15, -0.1) is 0 Å². The van der Waals surface area contributed by atoms with E-state index < -0.39 is 5.91 Å². The van der Waals surface area contributed by atoms with E-state index in [4.69, 9.17) is 16.9 Å². The molecule has 2 rings (SSSR count). The second-order valence-corrected chi connectivity index (χ2v) is 4.02. The third-order valence-corrected chi connectivity index (χ3v) is 2.63. The zero-order valence-corrected chi connectivity index (χ0v) is 10.3. The van der Waals surface area contributed by atoms with Crippen molar-refractivity contribution in [3.63, 3.8) is 0 Å². The molecule has 0 aliphatic rings. The van der Waals surface area contributed by atoms with Gasteiger partial charge in [0.1, 0.15) is 11.6 Å². The second-order valence-electron chi connectivity index (χ2n) is 3.61. The van der Waals surface area contributed by atoms with Crippen LogP contribution in [0.3, 0.4) is 0 Å². The Morgan fingerprint density at radius 1 is 1.50 bits per heavy atom. The highest BCUT2D eigenvalue weighted by Crippen LogP contribution is 2.18. The Balaban J connectivity index is 2.27. The molecule has 1 aromatic heterocycles. The van der Waals surface area contributed by atoms with E-state index in [9.17, 15) is 4.79 Å². The number of hydrogen-bond donors (Lipinski definition) is 1. The number of anilines is 1. The maximum absolute atomic E-state index is 12.0. The minimum Gasteiger partial charge on any atom is -0.304 e. The fraction of sp³-hybridized carbons (Fsp3) is 0.0833. The fourth-order valence-corrected chi connectivity index (χ4v) is 1.70. The summed E-state index contributed by atoms with van der Waals surface area (Å²) in [6.07, 6.45) is 1.53. The van der Waals surface area contributed by atoms with E-state index in [-0.39, 0.29) is 5.82 Å². The monoisotopic (exact) mass is 260 g/mol. The number of halogens is 1. The third-order valence-electron chi connectivity index (χ3n) is 2.30. The molecule has 1 N–H and O–H groups in total. The number of hydrogen-bond acceptors (Lipinski definition) is 3. The van der Waals surface area contributed by atoms with Gasteiger partial charge in [-0.05, 0) is 12.1 Å². The van der Waals surface area contributed by atoms with Crippen molar-refractivity contribution in [1.82, 2.24) is 9.78 Å². The quantitative estimate of drug-likeness (QED) is 0.900. The van der Waals surface area contributed by atoms with Crippen LogP contribution >= 0.6 is 11.6 Å². The van der Waals surface area contributed by atoms with E-state index in [2.05, 4.69) is 10.4 Å². The lowest BCUT2D eigenvalue weighted by atomic mass is 10.2. The molecule has 0 saturated heterocycles. The van der Waals surface area contributed by atoms with Crippen LogP contribution in [0.4, 0.5) is 5.82 Å². The first-order valence-electron chi connectivity index (χ1n) is 5.11. The van der Waals surface area contributed by atoms with Crippen LogP contribution in [0.1, 0.15) is 15.9 Å². The predicted octanol–water partition coefficient (Wildman–Crippen LogP) is 2.20. The van der Waals surface area contributed by atoms with Crippen LogP contribution < -0.4 is 5.32 Å². The number of benzene rings is 1. The molecule has 6 heteroatoms. The van der Waals surface area contributed by atoms with Crippen molar-refractivity contribution >= 4 is 23.3 Å². The first kappa shape index (κ1) is 12.1. The van der Waals surface area contributed by atoms with Gasteiger partial charge in [0.25, 0.3) is 5.91 Å². The number of amides is 1. The summed E-state index contributed by atoms with van der Waals surface area (Å²) < 4.78 is 1.46. The molecule has 0 bridgehead atoms. The highest BCUT2D eigenvalue weighted by Gasteiger charge is 2.14. The minimum absolute atomic E-state index is 0.227. The molecule has 1 amide bonds. The lowest BCUT2D eigenvalue weighted by Gasteiger charge is -2.04. The first-order chi connectivity index (χ1) is 8.61. The molecule has 5 nitrogen and oxygen atoms in total. The second kappa shape index (κ2) is 4.90. The number of aromatic nitrogens is 2. The Morgan fingerprint density at radius 2 is 2.22 bits per heavy atom. The molecule has 18 heavy (non-hydrogen) atoms. The highest BCUT2D eigenvalue weighted by atomic mass is 35.5. The smallest absolute Gasteiger partial charge is 0.258 e. The van der Waals surface area contributed by atoms with E-state index in [0.717, 1.165) is 0 Å². The summed E-state index contributed by atoms with van der Waals surface area (Å²) in [5.74, 6) is -0.166. The van der Waals surface area contributed by atoms with Gasteiger partial charge in [0.05, 0.1) is 10.6 Å². The van der Waals surface area contributed by atoms with E-state index in [1.165, 1.54) is 10.9 Å². The van der Waals surface area contributed by atoms with Crippen LogP contribution in [0.5, 0.6) is 0 Å². The van der Waals surface area contributed by atoms with Gasteiger partial charge in [-0.25, -0.2) is 0 Å². The average molecular weight is 261 g/mol. The summed E-state index contributed by atoms with van der Waals surface area (Å²) in [4.78, 5) is 12.0. The molecule has 0 atom stereocenters. The van der Waals surface area contributed by atoms with Crippen LogP contribution in [0.15, 0.2) is 30.5 Å². The standard InChI is InChI=1S/C12H9ClN4O/c1-17-7-8(6-14)11(16-17)15-12(18)9-4-2-3-5-10(9)13/h2-5,7H,1H3,(H,15,16,18). The summed E-state index contributed by atoms with van der Waals surface area (Å²) in [5, 5.41) is 15.8. The van der Waals surface area contributed by atoms with Crippen molar-refractivity contribution in [3.8, 4) is 6.07 Å². The minimum atomic E-state index is -0.393. The Morgan fingerprint density at radius 3 is 2.89 bits per heavy atom. The first-order valence-corrected chi connectivity index (χ1v) is 5.49. The molecule has 0 aliphatic heterocycles. The Hall–Kier alpha value is -2.32. The number of nitrogens with one attached hydrogen (secondary N) is 1. The number of nitrogens with zero attached hydrogens (tertiary/aromatic N) is 3. The lowest BCUT2D eigenvalue weighted by molar-refractivity contribution is 0.102. The highest BCUT2D eigenvalue weighted by molar-refractivity contribution is 6.34. The molecule has 0 fully saturated rings. The summed E-state index contributed by atoms with van der Waals surface area (Å²) in [5.41, 5.74) is 0.645. The molecule has 0 unspecified atom stereocenters. The fourth-order valence-electron chi connectivity index (χ4n) is 1.48. The van der Waals surface area contributed by atoms with Crippen molar-refractivity contribution in [2.24, 2.45) is 7.05 Å². The molecule has 0 spiro atoms.